The van der Waals surface area contributed by atoms with Crippen LogP contribution in [0.2, 0.25) is 0 Å². The minimum Gasteiger partial charge on any atom is -0.466 e. The topological polar surface area (TPSA) is 84.5 Å². The summed E-state index contributed by atoms with van der Waals surface area (Å²) in [6.07, 6.45) is 1.06. The first-order valence-corrected chi connectivity index (χ1v) is 8.03. The molecule has 7 heteroatoms. The second-order valence-electron chi connectivity index (χ2n) is 5.87. The Morgan fingerprint density at radius 3 is 2.50 bits per heavy atom. The molecule has 1 heterocycles. The summed E-state index contributed by atoms with van der Waals surface area (Å²) in [6, 6.07) is 5.72. The lowest BCUT2D eigenvalue weighted by atomic mass is 9.94. The van der Waals surface area contributed by atoms with Gasteiger partial charge in [-0.3, -0.25) is 14.4 Å². The van der Waals surface area contributed by atoms with E-state index in [-0.39, 0.29) is 22.7 Å². The third-order valence-electron chi connectivity index (χ3n) is 3.28. The Balaban J connectivity index is 0.000000648. The van der Waals surface area contributed by atoms with Gasteiger partial charge in [-0.15, -0.1) is 0 Å². The van der Waals surface area contributed by atoms with E-state index in [1.54, 1.807) is 6.92 Å². The molecule has 1 amide bonds. The molecule has 0 spiro atoms. The van der Waals surface area contributed by atoms with Crippen LogP contribution in [-0.2, 0) is 25.5 Å². The summed E-state index contributed by atoms with van der Waals surface area (Å²) in [7, 11) is 0. The average Bonchev–Trinajstić information content (AvgIpc) is 2.72. The van der Waals surface area contributed by atoms with Gasteiger partial charge in [-0.25, -0.2) is 0 Å². The highest BCUT2D eigenvalue weighted by Gasteiger charge is 2.34. The van der Waals surface area contributed by atoms with Crippen molar-refractivity contribution in [2.75, 3.05) is 17.2 Å². The molecule has 0 aromatic heterocycles. The van der Waals surface area contributed by atoms with Crippen LogP contribution >= 0.6 is 11.6 Å². The number of rotatable bonds is 4. The summed E-state index contributed by atoms with van der Waals surface area (Å²) in [6.45, 7) is 6.98. The average molecular weight is 355 g/mol. The monoisotopic (exact) mass is 354 g/mol. The van der Waals surface area contributed by atoms with Gasteiger partial charge in [0.1, 0.15) is 0 Å². The second kappa shape index (κ2) is 8.68. The van der Waals surface area contributed by atoms with E-state index in [0.717, 1.165) is 23.4 Å². The highest BCUT2D eigenvalue weighted by molar-refractivity contribution is 6.62. The Labute approximate surface area is 146 Å². The van der Waals surface area contributed by atoms with Gasteiger partial charge < -0.3 is 15.4 Å². The maximum atomic E-state index is 11.6. The molecule has 1 atom stereocenters. The number of carbonyl (C=O) groups excluding carboxylic acids is 3. The fourth-order valence-corrected chi connectivity index (χ4v) is 2.57. The predicted octanol–water partition coefficient (Wildman–Crippen LogP) is 3.10. The molecule has 1 aromatic carbocycles. The van der Waals surface area contributed by atoms with E-state index in [2.05, 4.69) is 22.2 Å². The molecule has 0 radical (unpaired) electrons. The molecule has 0 saturated heterocycles. The summed E-state index contributed by atoms with van der Waals surface area (Å²) in [5, 5.41) is 5.77. The Hall–Kier alpha value is -2.08. The van der Waals surface area contributed by atoms with Crippen LogP contribution in [0.5, 0.6) is 0 Å². The highest BCUT2D eigenvalue weighted by atomic mass is 35.5. The smallest absolute Gasteiger partial charge is 0.308 e. The minimum atomic E-state index is -0.361. The first-order chi connectivity index (χ1) is 11.1. The van der Waals surface area contributed by atoms with E-state index in [0.29, 0.717) is 13.0 Å². The number of fused-ring (bicyclic) bond motifs is 1. The summed E-state index contributed by atoms with van der Waals surface area (Å²) < 4.78 is 5.01. The van der Waals surface area contributed by atoms with E-state index in [9.17, 15) is 14.4 Å². The van der Waals surface area contributed by atoms with Crippen molar-refractivity contribution in [2.45, 2.75) is 46.1 Å². The largest absolute Gasteiger partial charge is 0.466 e. The SMILES string of the molecule is CC(=O)Cl.CCOC(=O)CC1(C)Cc2cc(NC(C)=O)ccc2N1. The Bertz CT molecular complexity index is 629. The van der Waals surface area contributed by atoms with Gasteiger partial charge in [0.05, 0.1) is 13.0 Å². The van der Waals surface area contributed by atoms with Crippen molar-refractivity contribution in [1.29, 1.82) is 0 Å². The van der Waals surface area contributed by atoms with Crippen molar-refractivity contribution in [2.24, 2.45) is 0 Å². The number of hydrogen-bond acceptors (Lipinski definition) is 5. The number of hydrogen-bond donors (Lipinski definition) is 2. The van der Waals surface area contributed by atoms with Gasteiger partial charge >= 0.3 is 5.97 Å². The Kier molecular flexibility index (Phi) is 7.22. The van der Waals surface area contributed by atoms with Gasteiger partial charge in [-0.1, -0.05) is 0 Å². The Morgan fingerprint density at radius 2 is 1.96 bits per heavy atom. The van der Waals surface area contributed by atoms with Crippen LogP contribution in [0.1, 0.15) is 39.7 Å². The molecule has 132 valence electrons. The standard InChI is InChI=1S/C15H20N2O3.C2H3ClO/c1-4-20-14(19)9-15(3)8-11-7-12(16-10(2)18)5-6-13(11)17-15;1-2(3)4/h5-7,17H,4,8-9H2,1-3H3,(H,16,18);1H3. The number of halogens is 1. The van der Waals surface area contributed by atoms with Crippen LogP contribution < -0.4 is 10.6 Å². The number of esters is 1. The Morgan fingerprint density at radius 1 is 1.33 bits per heavy atom. The number of carbonyl (C=O) groups is 3. The zero-order valence-electron chi connectivity index (χ0n) is 14.4. The number of amides is 1. The van der Waals surface area contributed by atoms with E-state index >= 15 is 0 Å². The lowest BCUT2D eigenvalue weighted by Crippen LogP contribution is -2.35. The maximum Gasteiger partial charge on any atom is 0.308 e. The molecule has 2 N–H and O–H groups in total. The van der Waals surface area contributed by atoms with Crippen molar-refractivity contribution in [3.8, 4) is 0 Å². The molecule has 6 nitrogen and oxygen atoms in total. The third-order valence-corrected chi connectivity index (χ3v) is 3.28. The van der Waals surface area contributed by atoms with Crippen LogP contribution in [0.4, 0.5) is 11.4 Å². The van der Waals surface area contributed by atoms with Crippen LogP contribution in [-0.4, -0.2) is 29.3 Å². The normalized spacial score (nSPS) is 17.7. The summed E-state index contributed by atoms with van der Waals surface area (Å²) in [5.74, 6) is -0.289. The van der Waals surface area contributed by atoms with Crippen molar-refractivity contribution in [1.82, 2.24) is 0 Å². The molecule has 24 heavy (non-hydrogen) atoms. The quantitative estimate of drug-likeness (QED) is 0.641. The third kappa shape index (κ3) is 6.58. The summed E-state index contributed by atoms with van der Waals surface area (Å²) >= 11 is 4.64. The molecule has 2 rings (SSSR count). The molecule has 0 fully saturated rings. The molecular formula is C17H23ClN2O4. The van der Waals surface area contributed by atoms with Gasteiger partial charge in [-0.05, 0) is 55.6 Å². The minimum absolute atomic E-state index is 0.0924. The van der Waals surface area contributed by atoms with E-state index < -0.39 is 0 Å². The zero-order chi connectivity index (χ0) is 18.3. The van der Waals surface area contributed by atoms with E-state index in [1.807, 2.05) is 25.1 Å². The van der Waals surface area contributed by atoms with Crippen molar-refractivity contribution in [3.63, 3.8) is 0 Å². The molecule has 1 aliphatic rings. The molecular weight excluding hydrogens is 332 g/mol. The molecule has 1 aliphatic heterocycles. The van der Waals surface area contributed by atoms with Gasteiger partial charge in [0.15, 0.2) is 0 Å². The number of anilines is 2. The first kappa shape index (κ1) is 20.0. The molecule has 1 unspecified atom stereocenters. The molecule has 0 bridgehead atoms. The van der Waals surface area contributed by atoms with Crippen LogP contribution in [0.25, 0.3) is 0 Å². The fourth-order valence-electron chi connectivity index (χ4n) is 2.57. The van der Waals surface area contributed by atoms with Crippen molar-refractivity contribution < 1.29 is 19.1 Å². The molecule has 0 aliphatic carbocycles. The number of benzene rings is 1. The predicted molar refractivity (Wildman–Crippen MR) is 94.3 cm³/mol. The van der Waals surface area contributed by atoms with Crippen molar-refractivity contribution >= 4 is 40.1 Å². The van der Waals surface area contributed by atoms with E-state index in [1.165, 1.54) is 13.8 Å². The van der Waals surface area contributed by atoms with Gasteiger partial charge in [0.25, 0.3) is 0 Å². The van der Waals surface area contributed by atoms with Gasteiger partial charge in [0.2, 0.25) is 11.1 Å². The lowest BCUT2D eigenvalue weighted by molar-refractivity contribution is -0.144. The van der Waals surface area contributed by atoms with Crippen molar-refractivity contribution in [3.05, 3.63) is 23.8 Å². The second-order valence-corrected chi connectivity index (χ2v) is 6.40. The number of nitrogens with one attached hydrogen (secondary N) is 2. The van der Waals surface area contributed by atoms with Crippen LogP contribution in [0.3, 0.4) is 0 Å². The fraction of sp³-hybridized carbons (Fsp3) is 0.471. The van der Waals surface area contributed by atoms with Crippen LogP contribution in [0.15, 0.2) is 18.2 Å². The van der Waals surface area contributed by atoms with Crippen LogP contribution in [0, 0.1) is 0 Å². The molecule has 1 aromatic rings. The summed E-state index contributed by atoms with van der Waals surface area (Å²) in [4.78, 5) is 31.9. The molecule has 0 saturated carbocycles. The van der Waals surface area contributed by atoms with E-state index in [4.69, 9.17) is 4.74 Å². The zero-order valence-corrected chi connectivity index (χ0v) is 15.1. The highest BCUT2D eigenvalue weighted by Crippen LogP contribution is 2.36. The van der Waals surface area contributed by atoms with Gasteiger partial charge in [0, 0.05) is 30.8 Å². The first-order valence-electron chi connectivity index (χ1n) is 7.65. The lowest BCUT2D eigenvalue weighted by Gasteiger charge is -2.23. The number of ether oxygens (including phenoxy) is 1. The van der Waals surface area contributed by atoms with Gasteiger partial charge in [-0.2, -0.15) is 0 Å². The maximum absolute atomic E-state index is 11.6. The summed E-state index contributed by atoms with van der Waals surface area (Å²) in [5.41, 5.74) is 2.55.